The average molecular weight is 274 g/mol. The monoisotopic (exact) mass is 273 g/mol. The van der Waals surface area contributed by atoms with E-state index in [-0.39, 0.29) is 0 Å². The lowest BCUT2D eigenvalue weighted by molar-refractivity contribution is 0.157. The fourth-order valence-electron chi connectivity index (χ4n) is 3.46. The minimum absolute atomic E-state index is 0.608. The number of hydrogen-bond acceptors (Lipinski definition) is 1. The minimum Gasteiger partial charge on any atom is -0.303 e. The van der Waals surface area contributed by atoms with Gasteiger partial charge in [-0.2, -0.15) is 0 Å². The van der Waals surface area contributed by atoms with Gasteiger partial charge in [0.2, 0.25) is 0 Å². The molecule has 0 amide bonds. The molecule has 0 atom stereocenters. The minimum atomic E-state index is 0.608. The van der Waals surface area contributed by atoms with Crippen molar-refractivity contribution in [1.29, 1.82) is 0 Å². The largest absolute Gasteiger partial charge is 0.303 e. The summed E-state index contributed by atoms with van der Waals surface area (Å²) in [6.07, 6.45) is 11.6. The zero-order valence-electron chi connectivity index (χ0n) is 9.97. The molecule has 0 spiro atoms. The topological polar surface area (TPSA) is 3.24 Å². The Labute approximate surface area is 103 Å². The van der Waals surface area contributed by atoms with Crippen LogP contribution in [0.4, 0.5) is 0 Å². The van der Waals surface area contributed by atoms with Gasteiger partial charge in [0.05, 0.1) is 0 Å². The number of rotatable bonds is 4. The van der Waals surface area contributed by atoms with Gasteiger partial charge < -0.3 is 4.90 Å². The Balaban J connectivity index is 1.88. The molecule has 0 heterocycles. The second kappa shape index (κ2) is 5.18. The molecular formula is C13H24BrN. The van der Waals surface area contributed by atoms with Crippen LogP contribution in [0.1, 0.15) is 51.4 Å². The molecule has 0 N–H and O–H groups in total. The summed E-state index contributed by atoms with van der Waals surface area (Å²) >= 11 is 3.74. The van der Waals surface area contributed by atoms with Crippen LogP contribution < -0.4 is 0 Å². The zero-order chi connectivity index (χ0) is 10.7. The highest BCUT2D eigenvalue weighted by atomic mass is 79.9. The fraction of sp³-hybridized carbons (Fsp3) is 1.00. The Morgan fingerprint density at radius 3 is 2.27 bits per heavy atom. The van der Waals surface area contributed by atoms with E-state index in [1.165, 1.54) is 63.2 Å². The number of alkyl halides is 1. The summed E-state index contributed by atoms with van der Waals surface area (Å²) in [5, 5.41) is 1.21. The second-order valence-electron chi connectivity index (χ2n) is 5.69. The maximum atomic E-state index is 3.74. The summed E-state index contributed by atoms with van der Waals surface area (Å²) in [6, 6.07) is 0.890. The first-order valence-corrected chi connectivity index (χ1v) is 7.64. The van der Waals surface area contributed by atoms with E-state index < -0.39 is 0 Å². The van der Waals surface area contributed by atoms with E-state index >= 15 is 0 Å². The predicted octanol–water partition coefficient (Wildman–Crippen LogP) is 3.82. The standard InChI is InChI=1S/C13H24BrN/c1-15(12-6-2-3-7-12)11-13(10-14)8-4-5-9-13/h12H,2-11H2,1H3. The number of hydrogen-bond donors (Lipinski definition) is 0. The maximum absolute atomic E-state index is 3.74. The molecule has 2 heteroatoms. The lowest BCUT2D eigenvalue weighted by Crippen LogP contribution is -2.39. The third-order valence-electron chi connectivity index (χ3n) is 4.48. The van der Waals surface area contributed by atoms with E-state index in [1.807, 2.05) is 0 Å². The van der Waals surface area contributed by atoms with Gasteiger partial charge in [-0.05, 0) is 38.1 Å². The van der Waals surface area contributed by atoms with E-state index in [0.717, 1.165) is 6.04 Å². The van der Waals surface area contributed by atoms with Gasteiger partial charge in [0.1, 0.15) is 0 Å². The van der Waals surface area contributed by atoms with Crippen LogP contribution in [-0.4, -0.2) is 29.9 Å². The fourth-order valence-corrected chi connectivity index (χ4v) is 4.20. The molecule has 0 aromatic carbocycles. The Hall–Kier alpha value is 0.440. The van der Waals surface area contributed by atoms with Gasteiger partial charge in [-0.15, -0.1) is 0 Å². The predicted molar refractivity (Wildman–Crippen MR) is 69.6 cm³/mol. The van der Waals surface area contributed by atoms with Crippen molar-refractivity contribution in [3.63, 3.8) is 0 Å². The molecule has 0 aromatic heterocycles. The first kappa shape index (κ1) is 11.9. The molecule has 0 bridgehead atoms. The molecule has 88 valence electrons. The molecule has 0 aromatic rings. The first-order chi connectivity index (χ1) is 7.26. The lowest BCUT2D eigenvalue weighted by atomic mass is 9.88. The summed E-state index contributed by atoms with van der Waals surface area (Å²) in [5.41, 5.74) is 0.608. The molecule has 0 unspecified atom stereocenters. The van der Waals surface area contributed by atoms with Gasteiger partial charge in [-0.3, -0.25) is 0 Å². The van der Waals surface area contributed by atoms with Crippen molar-refractivity contribution in [3.8, 4) is 0 Å². The van der Waals surface area contributed by atoms with E-state index in [1.54, 1.807) is 0 Å². The van der Waals surface area contributed by atoms with Gasteiger partial charge in [0.15, 0.2) is 0 Å². The average Bonchev–Trinajstić information content (AvgIpc) is 2.88. The van der Waals surface area contributed by atoms with Crippen LogP contribution in [0, 0.1) is 5.41 Å². The summed E-state index contributed by atoms with van der Waals surface area (Å²) in [4.78, 5) is 2.65. The van der Waals surface area contributed by atoms with Crippen LogP contribution in [0.2, 0.25) is 0 Å². The van der Waals surface area contributed by atoms with Crippen molar-refractivity contribution >= 4 is 15.9 Å². The SMILES string of the molecule is CN(CC1(CBr)CCCC1)C1CCCC1. The summed E-state index contributed by atoms with van der Waals surface area (Å²) in [5.74, 6) is 0. The van der Waals surface area contributed by atoms with Crippen LogP contribution in [-0.2, 0) is 0 Å². The van der Waals surface area contributed by atoms with Crippen LogP contribution >= 0.6 is 15.9 Å². The highest BCUT2D eigenvalue weighted by Gasteiger charge is 2.35. The van der Waals surface area contributed by atoms with Gasteiger partial charge in [-0.1, -0.05) is 41.6 Å². The van der Waals surface area contributed by atoms with Crippen molar-refractivity contribution in [2.45, 2.75) is 57.4 Å². The van der Waals surface area contributed by atoms with E-state index in [9.17, 15) is 0 Å². The Bertz CT molecular complexity index is 193. The molecule has 0 aliphatic heterocycles. The van der Waals surface area contributed by atoms with Gasteiger partial charge in [0.25, 0.3) is 0 Å². The smallest absolute Gasteiger partial charge is 0.0100 e. The van der Waals surface area contributed by atoms with Crippen molar-refractivity contribution in [2.75, 3.05) is 18.9 Å². The Kier molecular flexibility index (Phi) is 4.11. The van der Waals surface area contributed by atoms with Crippen molar-refractivity contribution in [3.05, 3.63) is 0 Å². The second-order valence-corrected chi connectivity index (χ2v) is 6.25. The number of halogens is 1. The maximum Gasteiger partial charge on any atom is 0.0100 e. The highest BCUT2D eigenvalue weighted by molar-refractivity contribution is 9.09. The third-order valence-corrected chi connectivity index (χ3v) is 5.67. The van der Waals surface area contributed by atoms with Crippen molar-refractivity contribution in [1.82, 2.24) is 4.90 Å². The third kappa shape index (κ3) is 2.76. The molecule has 1 nitrogen and oxygen atoms in total. The van der Waals surface area contributed by atoms with Crippen molar-refractivity contribution in [2.24, 2.45) is 5.41 Å². The zero-order valence-corrected chi connectivity index (χ0v) is 11.6. The summed E-state index contributed by atoms with van der Waals surface area (Å²) < 4.78 is 0. The normalized spacial score (nSPS) is 26.6. The Morgan fingerprint density at radius 2 is 1.73 bits per heavy atom. The van der Waals surface area contributed by atoms with E-state index in [0.29, 0.717) is 5.41 Å². The molecule has 0 saturated heterocycles. The quantitative estimate of drug-likeness (QED) is 0.704. The Morgan fingerprint density at radius 1 is 1.13 bits per heavy atom. The van der Waals surface area contributed by atoms with Crippen LogP contribution in [0.15, 0.2) is 0 Å². The van der Waals surface area contributed by atoms with Crippen LogP contribution in [0.25, 0.3) is 0 Å². The van der Waals surface area contributed by atoms with Crippen LogP contribution in [0.5, 0.6) is 0 Å². The molecule has 0 radical (unpaired) electrons. The van der Waals surface area contributed by atoms with Gasteiger partial charge in [0, 0.05) is 17.9 Å². The van der Waals surface area contributed by atoms with Gasteiger partial charge >= 0.3 is 0 Å². The molecular weight excluding hydrogens is 250 g/mol. The highest BCUT2D eigenvalue weighted by Crippen LogP contribution is 2.41. The molecule has 2 rings (SSSR count). The van der Waals surface area contributed by atoms with Crippen molar-refractivity contribution < 1.29 is 0 Å². The molecule has 2 aliphatic carbocycles. The molecule has 15 heavy (non-hydrogen) atoms. The van der Waals surface area contributed by atoms with E-state index in [2.05, 4.69) is 27.9 Å². The number of nitrogens with zero attached hydrogens (tertiary/aromatic N) is 1. The lowest BCUT2D eigenvalue weighted by Gasteiger charge is -2.35. The van der Waals surface area contributed by atoms with Gasteiger partial charge in [-0.25, -0.2) is 0 Å². The van der Waals surface area contributed by atoms with E-state index in [4.69, 9.17) is 0 Å². The molecule has 2 saturated carbocycles. The van der Waals surface area contributed by atoms with Crippen LogP contribution in [0.3, 0.4) is 0 Å². The summed E-state index contributed by atoms with van der Waals surface area (Å²) in [7, 11) is 2.35. The first-order valence-electron chi connectivity index (χ1n) is 6.52. The molecule has 2 fully saturated rings. The summed E-state index contributed by atoms with van der Waals surface area (Å²) in [6.45, 7) is 1.32. The molecule has 2 aliphatic rings.